The van der Waals surface area contributed by atoms with Crippen molar-refractivity contribution in [1.82, 2.24) is 0 Å². The molecule has 1 heterocycles. The molecule has 0 aromatic heterocycles. The lowest BCUT2D eigenvalue weighted by molar-refractivity contribution is -0.137. The molecule has 4 rings (SSSR count). The number of phenols is 1. The molecule has 2 N–H and O–H groups in total. The number of phenolic OH excluding ortho intramolecular Hbond substituents is 1. The Morgan fingerprint density at radius 1 is 1.03 bits per heavy atom. The molecule has 0 fully saturated rings. The van der Waals surface area contributed by atoms with Crippen LogP contribution in [0.4, 0.5) is 0 Å². The third kappa shape index (κ3) is 3.90. The highest BCUT2D eigenvalue weighted by molar-refractivity contribution is 5.77. The van der Waals surface area contributed by atoms with Gasteiger partial charge in [-0.15, -0.1) is 0 Å². The van der Waals surface area contributed by atoms with Crippen molar-refractivity contribution < 1.29 is 19.7 Å². The fourth-order valence-electron chi connectivity index (χ4n) is 4.37. The molecule has 0 aliphatic carbocycles. The molecule has 0 saturated heterocycles. The number of para-hydroxylation sites is 1. The molecule has 0 spiro atoms. The highest BCUT2D eigenvalue weighted by Gasteiger charge is 2.26. The zero-order valence-corrected chi connectivity index (χ0v) is 17.3. The molecule has 0 amide bonds. The van der Waals surface area contributed by atoms with Crippen molar-refractivity contribution in [2.45, 2.75) is 39.0 Å². The summed E-state index contributed by atoms with van der Waals surface area (Å²) >= 11 is 0. The van der Waals surface area contributed by atoms with Crippen LogP contribution in [0.5, 0.6) is 11.5 Å². The summed E-state index contributed by atoms with van der Waals surface area (Å²) in [6.07, 6.45) is 1.57. The first kappa shape index (κ1) is 20.0. The Hall–Kier alpha value is -3.27. The van der Waals surface area contributed by atoms with E-state index in [1.807, 2.05) is 42.5 Å². The van der Waals surface area contributed by atoms with Crippen LogP contribution in [0.3, 0.4) is 0 Å². The van der Waals surface area contributed by atoms with Gasteiger partial charge in [-0.2, -0.15) is 0 Å². The fourth-order valence-corrected chi connectivity index (χ4v) is 4.37. The Morgan fingerprint density at radius 2 is 1.77 bits per heavy atom. The van der Waals surface area contributed by atoms with Crippen molar-refractivity contribution in [3.05, 3.63) is 82.4 Å². The van der Waals surface area contributed by atoms with Gasteiger partial charge in [0.2, 0.25) is 0 Å². The molecule has 154 valence electrons. The van der Waals surface area contributed by atoms with E-state index in [0.29, 0.717) is 18.8 Å². The number of carbonyl (C=O) groups is 1. The molecule has 30 heavy (non-hydrogen) atoms. The molecule has 0 radical (unpaired) electrons. The molecular formula is C26H26O4. The second-order valence-electron chi connectivity index (χ2n) is 8.06. The van der Waals surface area contributed by atoms with Gasteiger partial charge in [-0.05, 0) is 60.6 Å². The van der Waals surface area contributed by atoms with Gasteiger partial charge in [-0.3, -0.25) is 4.79 Å². The molecular weight excluding hydrogens is 376 g/mol. The lowest BCUT2D eigenvalue weighted by atomic mass is 9.92. The van der Waals surface area contributed by atoms with Crippen LogP contribution in [0, 0.1) is 13.8 Å². The number of benzene rings is 3. The van der Waals surface area contributed by atoms with E-state index in [2.05, 4.69) is 26.0 Å². The Bertz CT molecular complexity index is 1080. The molecule has 4 heteroatoms. The normalized spacial score (nSPS) is 14.9. The number of hydrogen-bond donors (Lipinski definition) is 2. The smallest absolute Gasteiger partial charge is 0.304 e. The number of fused-ring (bicyclic) bond motifs is 1. The number of carboxylic acid groups (broad SMARTS) is 1. The maximum Gasteiger partial charge on any atom is 0.304 e. The fraction of sp³-hybridized carbons (Fsp3) is 0.269. The molecule has 4 nitrogen and oxygen atoms in total. The van der Waals surface area contributed by atoms with E-state index in [1.165, 1.54) is 0 Å². The first-order valence-electron chi connectivity index (χ1n) is 10.3. The van der Waals surface area contributed by atoms with E-state index < -0.39 is 5.97 Å². The average Bonchev–Trinajstić information content (AvgIpc) is 3.09. The zero-order chi connectivity index (χ0) is 21.3. The standard InChI is InChI=1S/C26H26O4/c1-16-5-3-6-17(2)25(16)22-8-4-7-19(26(22)29)11-9-18-10-12-21-20(14-24(27)28)15-30-23(21)13-18/h3-8,10,12-13,20,29H,9,11,14-15H2,1-2H3,(H,27,28)/t20-/m1/s1. The van der Waals surface area contributed by atoms with Crippen LogP contribution in [-0.2, 0) is 17.6 Å². The topological polar surface area (TPSA) is 66.8 Å². The van der Waals surface area contributed by atoms with Gasteiger partial charge in [0, 0.05) is 17.0 Å². The SMILES string of the molecule is Cc1cccc(C)c1-c1cccc(CCc2ccc3c(c2)OC[C@H]3CC(=O)O)c1O. The molecule has 0 bridgehead atoms. The Labute approximate surface area is 176 Å². The van der Waals surface area contributed by atoms with E-state index in [1.54, 1.807) is 0 Å². The zero-order valence-electron chi connectivity index (χ0n) is 17.3. The van der Waals surface area contributed by atoms with Crippen LogP contribution in [0.25, 0.3) is 11.1 Å². The highest BCUT2D eigenvalue weighted by Crippen LogP contribution is 2.38. The summed E-state index contributed by atoms with van der Waals surface area (Å²) in [5.41, 5.74) is 7.26. The predicted molar refractivity (Wildman–Crippen MR) is 117 cm³/mol. The highest BCUT2D eigenvalue weighted by atomic mass is 16.5. The number of aliphatic carboxylic acids is 1. The van der Waals surface area contributed by atoms with Crippen molar-refractivity contribution in [1.29, 1.82) is 0 Å². The van der Waals surface area contributed by atoms with Crippen molar-refractivity contribution in [2.75, 3.05) is 6.61 Å². The molecule has 1 atom stereocenters. The summed E-state index contributed by atoms with van der Waals surface area (Å²) in [6.45, 7) is 4.55. The van der Waals surface area contributed by atoms with Crippen LogP contribution in [0.1, 0.15) is 40.2 Å². The minimum absolute atomic E-state index is 0.0790. The Kier molecular flexibility index (Phi) is 5.49. The average molecular weight is 402 g/mol. The summed E-state index contributed by atoms with van der Waals surface area (Å²) < 4.78 is 5.72. The second-order valence-corrected chi connectivity index (χ2v) is 8.06. The molecule has 0 unspecified atom stereocenters. The quantitative estimate of drug-likeness (QED) is 0.578. The van der Waals surface area contributed by atoms with E-state index in [4.69, 9.17) is 9.84 Å². The Balaban J connectivity index is 1.54. The van der Waals surface area contributed by atoms with Gasteiger partial charge >= 0.3 is 5.97 Å². The summed E-state index contributed by atoms with van der Waals surface area (Å²) in [5, 5.41) is 20.0. The van der Waals surface area contributed by atoms with Gasteiger partial charge in [0.1, 0.15) is 11.5 Å². The molecule has 0 saturated carbocycles. The largest absolute Gasteiger partial charge is 0.507 e. The molecule has 1 aliphatic rings. The molecule has 1 aliphatic heterocycles. The van der Waals surface area contributed by atoms with Gasteiger partial charge in [-0.1, -0.05) is 48.5 Å². The monoisotopic (exact) mass is 402 g/mol. The van der Waals surface area contributed by atoms with Crippen LogP contribution in [-0.4, -0.2) is 22.8 Å². The number of ether oxygens (including phenoxy) is 1. The van der Waals surface area contributed by atoms with Gasteiger partial charge in [-0.25, -0.2) is 0 Å². The maximum absolute atomic E-state index is 11.0. The number of carboxylic acids is 1. The number of aryl methyl sites for hydroxylation is 4. The van der Waals surface area contributed by atoms with Gasteiger partial charge in [0.25, 0.3) is 0 Å². The first-order valence-corrected chi connectivity index (χ1v) is 10.3. The van der Waals surface area contributed by atoms with Crippen molar-refractivity contribution >= 4 is 5.97 Å². The summed E-state index contributed by atoms with van der Waals surface area (Å²) in [4.78, 5) is 11.0. The minimum Gasteiger partial charge on any atom is -0.507 e. The third-order valence-electron chi connectivity index (χ3n) is 5.93. The first-order chi connectivity index (χ1) is 14.4. The summed E-state index contributed by atoms with van der Waals surface area (Å²) in [5.74, 6) is 0.241. The number of hydrogen-bond acceptors (Lipinski definition) is 3. The van der Waals surface area contributed by atoms with E-state index in [0.717, 1.165) is 51.1 Å². The molecule has 3 aromatic rings. The number of aromatic hydroxyl groups is 1. The van der Waals surface area contributed by atoms with Gasteiger partial charge in [0.15, 0.2) is 0 Å². The maximum atomic E-state index is 11.0. The van der Waals surface area contributed by atoms with Crippen LogP contribution in [0.2, 0.25) is 0 Å². The predicted octanol–water partition coefficient (Wildman–Crippen LogP) is 5.41. The minimum atomic E-state index is -0.806. The van der Waals surface area contributed by atoms with E-state index in [9.17, 15) is 9.90 Å². The Morgan fingerprint density at radius 3 is 2.50 bits per heavy atom. The van der Waals surface area contributed by atoms with Crippen LogP contribution in [0.15, 0.2) is 54.6 Å². The van der Waals surface area contributed by atoms with Gasteiger partial charge in [0.05, 0.1) is 13.0 Å². The lowest BCUT2D eigenvalue weighted by Gasteiger charge is -2.14. The van der Waals surface area contributed by atoms with Crippen molar-refractivity contribution in [2.24, 2.45) is 0 Å². The lowest BCUT2D eigenvalue weighted by Crippen LogP contribution is -2.07. The number of rotatable bonds is 6. The van der Waals surface area contributed by atoms with E-state index >= 15 is 0 Å². The second kappa shape index (κ2) is 8.23. The van der Waals surface area contributed by atoms with Crippen molar-refractivity contribution in [3.8, 4) is 22.6 Å². The summed E-state index contributed by atoms with van der Waals surface area (Å²) in [7, 11) is 0. The summed E-state index contributed by atoms with van der Waals surface area (Å²) in [6, 6.07) is 18.1. The third-order valence-corrected chi connectivity index (χ3v) is 5.93. The van der Waals surface area contributed by atoms with E-state index in [-0.39, 0.29) is 12.3 Å². The van der Waals surface area contributed by atoms with Gasteiger partial charge < -0.3 is 14.9 Å². The van der Waals surface area contributed by atoms with Crippen molar-refractivity contribution in [3.63, 3.8) is 0 Å². The van der Waals surface area contributed by atoms with Crippen LogP contribution < -0.4 is 4.74 Å². The molecule has 3 aromatic carbocycles. The van der Waals surface area contributed by atoms with Crippen LogP contribution >= 0.6 is 0 Å².